The van der Waals surface area contributed by atoms with Crippen LogP contribution in [-0.4, -0.2) is 37.7 Å². The second kappa shape index (κ2) is 6.33. The molecular weight excluding hydrogens is 307 g/mol. The molecule has 0 radical (unpaired) electrons. The van der Waals surface area contributed by atoms with Crippen molar-refractivity contribution in [2.45, 2.75) is 19.4 Å². The Morgan fingerprint density at radius 2 is 2.14 bits per heavy atom. The molecule has 0 bridgehead atoms. The number of benzene rings is 1. The Hall–Kier alpha value is -0.480. The van der Waals surface area contributed by atoms with Crippen LogP contribution in [0.4, 0.5) is 0 Å². The van der Waals surface area contributed by atoms with E-state index in [1.165, 1.54) is 43.7 Å². The largest absolute Gasteiger partial charge is 0.493 e. The van der Waals surface area contributed by atoms with Crippen molar-refractivity contribution >= 4 is 24.0 Å². The molecule has 3 aliphatic rings. The summed E-state index contributed by atoms with van der Waals surface area (Å²) in [5.41, 5.74) is 2.55. The molecule has 4 rings (SSSR count). The molecular formula is C16H22Cl2N2O. The molecule has 2 atom stereocenters. The highest BCUT2D eigenvalue weighted by Crippen LogP contribution is 2.35. The van der Waals surface area contributed by atoms with Crippen molar-refractivity contribution < 1.29 is 4.74 Å². The molecule has 0 saturated carbocycles. The molecule has 1 aromatic carbocycles. The number of nitrogens with zero attached hydrogens (tertiary/aromatic N) is 1. The lowest BCUT2D eigenvalue weighted by atomic mass is 9.88. The lowest BCUT2D eigenvalue weighted by Gasteiger charge is -2.34. The molecule has 2 unspecified atom stereocenters. The Bertz CT molecular complexity index is 523. The molecule has 3 aliphatic heterocycles. The van der Waals surface area contributed by atoms with Crippen molar-refractivity contribution in [3.8, 4) is 5.75 Å². The number of hydrogen-bond acceptors (Lipinski definition) is 3. The first-order chi connectivity index (χ1) is 9.79. The molecule has 0 aliphatic carbocycles. The van der Waals surface area contributed by atoms with Gasteiger partial charge >= 0.3 is 0 Å². The summed E-state index contributed by atoms with van der Waals surface area (Å²) < 4.78 is 5.82. The molecule has 0 amide bonds. The van der Waals surface area contributed by atoms with E-state index in [4.69, 9.17) is 16.3 Å². The van der Waals surface area contributed by atoms with Gasteiger partial charge in [0.05, 0.1) is 6.61 Å². The highest BCUT2D eigenvalue weighted by molar-refractivity contribution is 6.30. The first-order valence-electron chi connectivity index (χ1n) is 7.67. The van der Waals surface area contributed by atoms with Crippen molar-refractivity contribution in [3.05, 3.63) is 28.3 Å². The van der Waals surface area contributed by atoms with E-state index in [2.05, 4.69) is 22.3 Å². The van der Waals surface area contributed by atoms with Crippen molar-refractivity contribution in [1.82, 2.24) is 10.2 Å². The summed E-state index contributed by atoms with van der Waals surface area (Å²) in [5, 5.41) is 4.38. The Morgan fingerprint density at radius 1 is 1.29 bits per heavy atom. The van der Waals surface area contributed by atoms with Crippen LogP contribution in [0.15, 0.2) is 12.1 Å². The topological polar surface area (TPSA) is 24.5 Å². The number of halogens is 2. The molecule has 21 heavy (non-hydrogen) atoms. The van der Waals surface area contributed by atoms with Gasteiger partial charge in [-0.05, 0) is 55.6 Å². The average Bonchev–Trinajstić information content (AvgIpc) is 3.05. The zero-order valence-electron chi connectivity index (χ0n) is 12.1. The second-order valence-electron chi connectivity index (χ2n) is 6.35. The van der Waals surface area contributed by atoms with E-state index in [-0.39, 0.29) is 12.4 Å². The van der Waals surface area contributed by atoms with Gasteiger partial charge in [0.2, 0.25) is 0 Å². The zero-order chi connectivity index (χ0) is 13.5. The van der Waals surface area contributed by atoms with Gasteiger partial charge in [0.1, 0.15) is 5.75 Å². The van der Waals surface area contributed by atoms with E-state index in [0.717, 1.165) is 42.2 Å². The molecule has 2 fully saturated rings. The molecule has 1 aromatic rings. The van der Waals surface area contributed by atoms with Gasteiger partial charge < -0.3 is 10.1 Å². The summed E-state index contributed by atoms with van der Waals surface area (Å²) in [4.78, 5) is 2.57. The van der Waals surface area contributed by atoms with Gasteiger partial charge in [0.25, 0.3) is 0 Å². The van der Waals surface area contributed by atoms with Crippen LogP contribution in [0.5, 0.6) is 5.75 Å². The minimum absolute atomic E-state index is 0. The zero-order valence-corrected chi connectivity index (χ0v) is 13.7. The number of piperidine rings is 1. The first-order valence-corrected chi connectivity index (χ1v) is 8.04. The van der Waals surface area contributed by atoms with Gasteiger partial charge in [-0.3, -0.25) is 4.90 Å². The van der Waals surface area contributed by atoms with E-state index in [0.29, 0.717) is 0 Å². The highest BCUT2D eigenvalue weighted by atomic mass is 35.5. The predicted molar refractivity (Wildman–Crippen MR) is 87.6 cm³/mol. The van der Waals surface area contributed by atoms with Crippen molar-refractivity contribution in [2.24, 2.45) is 11.8 Å². The number of likely N-dealkylation sites (tertiary alicyclic amines) is 1. The van der Waals surface area contributed by atoms with E-state index in [1.54, 1.807) is 0 Å². The van der Waals surface area contributed by atoms with Crippen LogP contribution in [0.2, 0.25) is 5.02 Å². The highest BCUT2D eigenvalue weighted by Gasteiger charge is 2.33. The van der Waals surface area contributed by atoms with Crippen molar-refractivity contribution in [1.29, 1.82) is 0 Å². The Kier molecular flexibility index (Phi) is 4.65. The predicted octanol–water partition coefficient (Wildman–Crippen LogP) is 2.74. The van der Waals surface area contributed by atoms with Crippen LogP contribution in [0.1, 0.15) is 17.5 Å². The number of rotatable bonds is 2. The third kappa shape index (κ3) is 3.02. The molecule has 1 N–H and O–H groups in total. The number of nitrogens with one attached hydrogen (secondary N) is 1. The number of fused-ring (bicyclic) bond motifs is 2. The Morgan fingerprint density at radius 3 is 3.05 bits per heavy atom. The standard InChI is InChI=1S/C16H21ClN2O.ClH/c17-15-5-11-2-4-20-16(11)13(6-15)9-19-3-1-12-7-18-8-14(12)10-19;/h5-6,12,14,18H,1-4,7-10H2;1H. The fourth-order valence-corrected chi connectivity index (χ4v) is 4.22. The maximum absolute atomic E-state index is 6.25. The summed E-state index contributed by atoms with van der Waals surface area (Å²) in [7, 11) is 0. The Labute approximate surface area is 137 Å². The first kappa shape index (κ1) is 15.4. The SMILES string of the molecule is Cl.Clc1cc2c(c(CN3CCC4CNCC4C3)c1)OCC2. The average molecular weight is 329 g/mol. The van der Waals surface area contributed by atoms with Gasteiger partial charge in [-0.2, -0.15) is 0 Å². The van der Waals surface area contributed by atoms with Crippen molar-refractivity contribution in [3.63, 3.8) is 0 Å². The van der Waals surface area contributed by atoms with E-state index in [1.807, 2.05) is 0 Å². The van der Waals surface area contributed by atoms with Crippen LogP contribution in [0.3, 0.4) is 0 Å². The molecule has 5 heteroatoms. The van der Waals surface area contributed by atoms with E-state index in [9.17, 15) is 0 Å². The molecule has 3 heterocycles. The van der Waals surface area contributed by atoms with Crippen LogP contribution in [0, 0.1) is 11.8 Å². The lowest BCUT2D eigenvalue weighted by Crippen LogP contribution is -2.39. The summed E-state index contributed by atoms with van der Waals surface area (Å²) in [6.45, 7) is 6.59. The van der Waals surface area contributed by atoms with Crippen LogP contribution in [-0.2, 0) is 13.0 Å². The van der Waals surface area contributed by atoms with Gasteiger partial charge in [0, 0.05) is 30.1 Å². The van der Waals surface area contributed by atoms with Crippen LogP contribution in [0.25, 0.3) is 0 Å². The van der Waals surface area contributed by atoms with Gasteiger partial charge in [0.15, 0.2) is 0 Å². The van der Waals surface area contributed by atoms with Gasteiger partial charge in [-0.1, -0.05) is 11.6 Å². The normalized spacial score (nSPS) is 27.7. The smallest absolute Gasteiger partial charge is 0.127 e. The molecule has 2 saturated heterocycles. The third-order valence-electron chi connectivity index (χ3n) is 5.01. The molecule has 0 spiro atoms. The fraction of sp³-hybridized carbons (Fsp3) is 0.625. The second-order valence-corrected chi connectivity index (χ2v) is 6.79. The van der Waals surface area contributed by atoms with Gasteiger partial charge in [-0.15, -0.1) is 12.4 Å². The maximum atomic E-state index is 6.25. The minimum atomic E-state index is 0. The minimum Gasteiger partial charge on any atom is -0.493 e. The van der Waals surface area contributed by atoms with E-state index >= 15 is 0 Å². The van der Waals surface area contributed by atoms with Crippen molar-refractivity contribution in [2.75, 3.05) is 32.8 Å². The van der Waals surface area contributed by atoms with E-state index < -0.39 is 0 Å². The van der Waals surface area contributed by atoms with Crippen LogP contribution < -0.4 is 10.1 Å². The summed E-state index contributed by atoms with van der Waals surface area (Å²) >= 11 is 6.25. The monoisotopic (exact) mass is 328 g/mol. The third-order valence-corrected chi connectivity index (χ3v) is 5.23. The summed E-state index contributed by atoms with van der Waals surface area (Å²) in [6, 6.07) is 4.14. The summed E-state index contributed by atoms with van der Waals surface area (Å²) in [6.07, 6.45) is 2.32. The number of hydrogen-bond donors (Lipinski definition) is 1. The molecule has 3 nitrogen and oxygen atoms in total. The maximum Gasteiger partial charge on any atom is 0.127 e. The summed E-state index contributed by atoms with van der Waals surface area (Å²) in [5.74, 6) is 2.82. The quantitative estimate of drug-likeness (QED) is 0.903. The Balaban J connectivity index is 0.00000132. The molecule has 0 aromatic heterocycles. The lowest BCUT2D eigenvalue weighted by molar-refractivity contribution is 0.141. The van der Waals surface area contributed by atoms with Crippen LogP contribution >= 0.6 is 24.0 Å². The number of ether oxygens (including phenoxy) is 1. The fourth-order valence-electron chi connectivity index (χ4n) is 3.96. The van der Waals surface area contributed by atoms with Gasteiger partial charge in [-0.25, -0.2) is 0 Å². The molecule has 116 valence electrons.